The Labute approximate surface area is 158 Å². The van der Waals surface area contributed by atoms with Crippen molar-refractivity contribution >= 4 is 39.1 Å². The molecule has 136 valence electrons. The summed E-state index contributed by atoms with van der Waals surface area (Å²) >= 11 is 5.89. The highest BCUT2D eigenvalue weighted by Gasteiger charge is 2.15. The van der Waals surface area contributed by atoms with E-state index in [4.69, 9.17) is 16.3 Å². The fourth-order valence-corrected chi connectivity index (χ4v) is 3.34. The topological polar surface area (TPSA) is 42.1 Å². The second-order valence-corrected chi connectivity index (χ2v) is 6.77. The molecule has 6 heteroatoms. The van der Waals surface area contributed by atoms with E-state index in [0.717, 1.165) is 5.56 Å². The fraction of sp³-hybridized carbons (Fsp3) is 0.0952. The van der Waals surface area contributed by atoms with Crippen molar-refractivity contribution in [2.75, 3.05) is 6.61 Å². The number of rotatable bonds is 4. The molecular weight excluding hydrogens is 372 g/mol. The largest absolute Gasteiger partial charge is 0.485 e. The summed E-state index contributed by atoms with van der Waals surface area (Å²) in [7, 11) is 0. The summed E-state index contributed by atoms with van der Waals surface area (Å²) in [6.07, 6.45) is 1.53. The average molecular weight is 386 g/mol. The quantitative estimate of drug-likeness (QED) is 0.449. The van der Waals surface area contributed by atoms with Crippen molar-refractivity contribution in [3.05, 3.63) is 76.4 Å². The highest BCUT2D eigenvalue weighted by molar-refractivity contribution is 6.31. The summed E-state index contributed by atoms with van der Waals surface area (Å²) < 4.78 is 33.1. The van der Waals surface area contributed by atoms with Gasteiger partial charge in [-0.3, -0.25) is 4.79 Å². The second-order valence-electron chi connectivity index (χ2n) is 6.33. The molecule has 1 heterocycles. The van der Waals surface area contributed by atoms with E-state index >= 15 is 0 Å². The van der Waals surface area contributed by atoms with E-state index in [1.54, 1.807) is 24.3 Å². The lowest BCUT2D eigenvalue weighted by atomic mass is 10.1. The fourth-order valence-electron chi connectivity index (χ4n) is 3.13. The Morgan fingerprint density at radius 2 is 1.93 bits per heavy atom. The van der Waals surface area contributed by atoms with Crippen molar-refractivity contribution in [2.24, 2.45) is 0 Å². The van der Waals surface area contributed by atoms with Gasteiger partial charge in [-0.25, -0.2) is 8.78 Å². The van der Waals surface area contributed by atoms with Crippen LogP contribution in [0.1, 0.15) is 15.9 Å². The number of Topliss-reactive ketones (excluding diaryl/α,β-unsaturated/α-hetero) is 1. The minimum Gasteiger partial charge on any atom is -0.485 e. The number of aryl methyl sites for hydroxylation is 1. The minimum absolute atomic E-state index is 0.216. The number of H-pyrrole nitrogens is 1. The number of hydrogen-bond donors (Lipinski definition) is 1. The molecule has 0 atom stereocenters. The molecule has 0 aliphatic rings. The van der Waals surface area contributed by atoms with Crippen LogP contribution in [0.15, 0.2) is 48.7 Å². The van der Waals surface area contributed by atoms with Gasteiger partial charge in [0.15, 0.2) is 6.61 Å². The number of fused-ring (bicyclic) bond motifs is 2. The van der Waals surface area contributed by atoms with E-state index in [1.807, 2.05) is 6.92 Å². The summed E-state index contributed by atoms with van der Waals surface area (Å²) in [5.41, 5.74) is 1.72. The average Bonchev–Trinajstić information content (AvgIpc) is 3.02. The van der Waals surface area contributed by atoms with Crippen molar-refractivity contribution in [3.63, 3.8) is 0 Å². The molecular formula is C21H14ClF2NO2. The van der Waals surface area contributed by atoms with Crippen LogP contribution in [-0.4, -0.2) is 17.4 Å². The van der Waals surface area contributed by atoms with Crippen molar-refractivity contribution in [2.45, 2.75) is 6.92 Å². The zero-order valence-electron chi connectivity index (χ0n) is 14.3. The normalized spacial score (nSPS) is 11.3. The van der Waals surface area contributed by atoms with E-state index in [9.17, 15) is 13.6 Å². The predicted octanol–water partition coefficient (Wildman–Crippen LogP) is 5.82. The lowest BCUT2D eigenvalue weighted by Crippen LogP contribution is -2.11. The first-order chi connectivity index (χ1) is 12.9. The SMILES string of the molecule is Cc1cc2cc(Cl)cc(F)c2cc1OCC(=O)c1c[nH]c2cc(F)ccc12. The summed E-state index contributed by atoms with van der Waals surface area (Å²) in [5, 5.41) is 1.98. The molecule has 1 N–H and O–H groups in total. The van der Waals surface area contributed by atoms with Crippen molar-refractivity contribution in [3.8, 4) is 5.75 Å². The first-order valence-electron chi connectivity index (χ1n) is 8.24. The lowest BCUT2D eigenvalue weighted by Gasteiger charge is -2.11. The number of ether oxygens (including phenoxy) is 1. The second kappa shape index (κ2) is 6.67. The van der Waals surface area contributed by atoms with Crippen molar-refractivity contribution in [1.29, 1.82) is 0 Å². The Bertz CT molecular complexity index is 1200. The summed E-state index contributed by atoms with van der Waals surface area (Å²) in [6, 6.07) is 10.4. The van der Waals surface area contributed by atoms with Crippen LogP contribution in [0.2, 0.25) is 5.02 Å². The maximum absolute atomic E-state index is 14.1. The molecule has 0 bridgehead atoms. The number of hydrogen-bond acceptors (Lipinski definition) is 2. The van der Waals surface area contributed by atoms with Gasteiger partial charge < -0.3 is 9.72 Å². The monoisotopic (exact) mass is 385 g/mol. The van der Waals surface area contributed by atoms with Gasteiger partial charge in [-0.2, -0.15) is 0 Å². The molecule has 4 rings (SSSR count). The molecule has 0 amide bonds. The van der Waals surface area contributed by atoms with Gasteiger partial charge in [0, 0.05) is 33.1 Å². The lowest BCUT2D eigenvalue weighted by molar-refractivity contribution is 0.0923. The third kappa shape index (κ3) is 3.26. The zero-order valence-corrected chi connectivity index (χ0v) is 15.0. The summed E-state index contributed by atoms with van der Waals surface area (Å²) in [4.78, 5) is 15.4. The van der Waals surface area contributed by atoms with Crippen LogP contribution in [-0.2, 0) is 0 Å². The number of aromatic nitrogens is 1. The van der Waals surface area contributed by atoms with Crippen LogP contribution in [0.3, 0.4) is 0 Å². The minimum atomic E-state index is -0.452. The van der Waals surface area contributed by atoms with E-state index in [1.165, 1.54) is 24.4 Å². The van der Waals surface area contributed by atoms with Crippen molar-refractivity contribution < 1.29 is 18.3 Å². The number of nitrogens with one attached hydrogen (secondary N) is 1. The van der Waals surface area contributed by atoms with Crippen LogP contribution < -0.4 is 4.74 Å². The molecule has 1 aromatic heterocycles. The van der Waals surface area contributed by atoms with Crippen LogP contribution >= 0.6 is 11.6 Å². The number of carbonyl (C=O) groups is 1. The standard InChI is InChI=1S/C21H14ClF2NO2/c1-11-4-12-5-13(22)6-18(24)16(12)8-21(11)27-10-20(26)17-9-25-19-7-14(23)2-3-15(17)19/h2-9,25H,10H2,1H3. The predicted molar refractivity (Wildman–Crippen MR) is 102 cm³/mol. The van der Waals surface area contributed by atoms with Gasteiger partial charge in [0.25, 0.3) is 0 Å². The van der Waals surface area contributed by atoms with Crippen LogP contribution in [0.25, 0.3) is 21.7 Å². The molecule has 0 fully saturated rings. The highest BCUT2D eigenvalue weighted by atomic mass is 35.5. The van der Waals surface area contributed by atoms with E-state index < -0.39 is 5.82 Å². The molecule has 4 aromatic rings. The van der Waals surface area contributed by atoms with Gasteiger partial charge in [0.1, 0.15) is 17.4 Å². The zero-order chi connectivity index (χ0) is 19.1. The molecule has 0 unspecified atom stereocenters. The Morgan fingerprint density at radius 1 is 1.11 bits per heavy atom. The Kier molecular flexibility index (Phi) is 4.32. The van der Waals surface area contributed by atoms with Gasteiger partial charge >= 0.3 is 0 Å². The highest BCUT2D eigenvalue weighted by Crippen LogP contribution is 2.30. The maximum Gasteiger partial charge on any atom is 0.202 e. The summed E-state index contributed by atoms with van der Waals surface area (Å²) in [5.74, 6) is -0.673. The summed E-state index contributed by atoms with van der Waals surface area (Å²) in [6.45, 7) is 1.60. The number of benzene rings is 3. The van der Waals surface area contributed by atoms with E-state index in [2.05, 4.69) is 4.98 Å². The van der Waals surface area contributed by atoms with Gasteiger partial charge in [-0.1, -0.05) is 11.6 Å². The number of carbonyl (C=O) groups excluding carboxylic acids is 1. The van der Waals surface area contributed by atoms with Crippen molar-refractivity contribution in [1.82, 2.24) is 4.98 Å². The molecule has 3 aromatic carbocycles. The van der Waals surface area contributed by atoms with Gasteiger partial charge in [0.05, 0.1) is 0 Å². The number of halogens is 3. The Morgan fingerprint density at radius 3 is 2.74 bits per heavy atom. The Hall–Kier alpha value is -2.92. The molecule has 0 saturated carbocycles. The smallest absolute Gasteiger partial charge is 0.202 e. The molecule has 27 heavy (non-hydrogen) atoms. The molecule has 0 saturated heterocycles. The van der Waals surface area contributed by atoms with Gasteiger partial charge in [-0.05, 0) is 60.3 Å². The molecule has 0 radical (unpaired) electrons. The first-order valence-corrected chi connectivity index (χ1v) is 8.62. The molecule has 0 aliphatic heterocycles. The molecule has 3 nitrogen and oxygen atoms in total. The van der Waals surface area contributed by atoms with Gasteiger partial charge in [-0.15, -0.1) is 0 Å². The molecule has 0 aliphatic carbocycles. The van der Waals surface area contributed by atoms with Gasteiger partial charge in [0.2, 0.25) is 5.78 Å². The Balaban J connectivity index is 1.61. The number of aromatic amines is 1. The van der Waals surface area contributed by atoms with Crippen LogP contribution in [0, 0.1) is 18.6 Å². The third-order valence-electron chi connectivity index (χ3n) is 4.47. The van der Waals surface area contributed by atoms with E-state index in [0.29, 0.717) is 38.0 Å². The van der Waals surface area contributed by atoms with Crippen LogP contribution in [0.5, 0.6) is 5.75 Å². The maximum atomic E-state index is 14.1. The third-order valence-corrected chi connectivity index (χ3v) is 4.68. The van der Waals surface area contributed by atoms with E-state index in [-0.39, 0.29) is 18.2 Å². The van der Waals surface area contributed by atoms with Crippen LogP contribution in [0.4, 0.5) is 8.78 Å². The first kappa shape index (κ1) is 17.5. The number of ketones is 1. The molecule has 0 spiro atoms.